The number of carbonyl (C=O) groups is 1. The highest BCUT2D eigenvalue weighted by Gasteiger charge is 2.22. The average Bonchev–Trinajstić information content (AvgIpc) is 2.98. The highest BCUT2D eigenvalue weighted by atomic mass is 32.2. The summed E-state index contributed by atoms with van der Waals surface area (Å²) in [6, 6.07) is 6.14. The maximum absolute atomic E-state index is 12.2. The molecule has 1 aromatic rings. The Kier molecular flexibility index (Phi) is 5.79. The summed E-state index contributed by atoms with van der Waals surface area (Å²) in [4.78, 5) is 11.5. The first-order valence-corrected chi connectivity index (χ1v) is 9.01. The van der Waals surface area contributed by atoms with Gasteiger partial charge in [-0.1, -0.05) is 12.8 Å². The lowest BCUT2D eigenvalue weighted by atomic mass is 10.3. The predicted molar refractivity (Wildman–Crippen MR) is 83.2 cm³/mol. The van der Waals surface area contributed by atoms with E-state index in [1.165, 1.54) is 12.1 Å². The normalized spacial score (nSPS) is 15.7. The molecule has 0 atom stereocenters. The lowest BCUT2D eigenvalue weighted by Gasteiger charge is -2.13. The summed E-state index contributed by atoms with van der Waals surface area (Å²) in [6.07, 6.45) is 3.93. The largest absolute Gasteiger partial charge is 0.484 e. The molecule has 1 aliphatic carbocycles. The second-order valence-corrected chi connectivity index (χ2v) is 7.03. The van der Waals surface area contributed by atoms with Gasteiger partial charge in [0.15, 0.2) is 6.61 Å². The first kappa shape index (κ1) is 16.8. The molecule has 7 heteroatoms. The minimum Gasteiger partial charge on any atom is -0.484 e. The van der Waals surface area contributed by atoms with Crippen LogP contribution in [0.5, 0.6) is 5.75 Å². The van der Waals surface area contributed by atoms with E-state index in [1.807, 2.05) is 6.92 Å². The molecule has 0 aromatic heterocycles. The summed E-state index contributed by atoms with van der Waals surface area (Å²) in [5.41, 5.74) is 0. The standard InChI is InChI=1S/C15H22N2O4S/c1-2-16-15(18)11-21-13-7-9-14(10-8-13)22(19,20)17-12-5-3-4-6-12/h7-10,12,17H,2-6,11H2,1H3,(H,16,18). The van der Waals surface area contributed by atoms with Crippen molar-refractivity contribution in [3.8, 4) is 5.75 Å². The number of benzene rings is 1. The van der Waals surface area contributed by atoms with Crippen molar-refractivity contribution in [1.82, 2.24) is 10.0 Å². The summed E-state index contributed by atoms with van der Waals surface area (Å²) in [6.45, 7) is 2.29. The van der Waals surface area contributed by atoms with Crippen LogP contribution in [-0.2, 0) is 14.8 Å². The third kappa shape index (κ3) is 4.71. The summed E-state index contributed by atoms with van der Waals surface area (Å²) < 4.78 is 32.5. The minimum atomic E-state index is -3.49. The van der Waals surface area contributed by atoms with Crippen molar-refractivity contribution in [3.05, 3.63) is 24.3 Å². The second-order valence-electron chi connectivity index (χ2n) is 5.32. The maximum Gasteiger partial charge on any atom is 0.257 e. The number of nitrogens with one attached hydrogen (secondary N) is 2. The van der Waals surface area contributed by atoms with Crippen LogP contribution in [0.1, 0.15) is 32.6 Å². The van der Waals surface area contributed by atoms with E-state index in [0.717, 1.165) is 25.7 Å². The first-order valence-electron chi connectivity index (χ1n) is 7.53. The second kappa shape index (κ2) is 7.60. The van der Waals surface area contributed by atoms with Crippen LogP contribution >= 0.6 is 0 Å². The third-order valence-corrected chi connectivity index (χ3v) is 5.09. The van der Waals surface area contributed by atoms with E-state index in [4.69, 9.17) is 4.74 Å². The molecule has 1 saturated carbocycles. The monoisotopic (exact) mass is 326 g/mol. The molecule has 122 valence electrons. The molecular formula is C15H22N2O4S. The van der Waals surface area contributed by atoms with Crippen molar-refractivity contribution in [3.63, 3.8) is 0 Å². The minimum absolute atomic E-state index is 0.0404. The zero-order chi connectivity index (χ0) is 16.0. The summed E-state index contributed by atoms with van der Waals surface area (Å²) in [5, 5.41) is 2.62. The Balaban J connectivity index is 1.94. The quantitative estimate of drug-likeness (QED) is 0.794. The van der Waals surface area contributed by atoms with Gasteiger partial charge in [-0.05, 0) is 44.0 Å². The number of sulfonamides is 1. The smallest absolute Gasteiger partial charge is 0.257 e. The molecule has 0 bridgehead atoms. The lowest BCUT2D eigenvalue weighted by Crippen LogP contribution is -2.32. The molecule has 2 rings (SSSR count). The molecule has 0 aliphatic heterocycles. The van der Waals surface area contributed by atoms with E-state index in [-0.39, 0.29) is 23.5 Å². The van der Waals surface area contributed by atoms with Crippen LogP contribution in [0.15, 0.2) is 29.2 Å². The number of carbonyl (C=O) groups excluding carboxylic acids is 1. The van der Waals surface area contributed by atoms with Crippen molar-refractivity contribution in [2.24, 2.45) is 0 Å². The molecule has 1 fully saturated rings. The number of ether oxygens (including phenoxy) is 1. The van der Waals surface area contributed by atoms with Crippen LogP contribution in [0.2, 0.25) is 0 Å². The van der Waals surface area contributed by atoms with Crippen LogP contribution < -0.4 is 14.8 Å². The number of amides is 1. The zero-order valence-electron chi connectivity index (χ0n) is 12.7. The van der Waals surface area contributed by atoms with Crippen molar-refractivity contribution < 1.29 is 17.9 Å². The zero-order valence-corrected chi connectivity index (χ0v) is 13.5. The Morgan fingerprint density at radius 1 is 1.23 bits per heavy atom. The van der Waals surface area contributed by atoms with Gasteiger partial charge in [0.2, 0.25) is 10.0 Å². The van der Waals surface area contributed by atoms with Crippen molar-refractivity contribution >= 4 is 15.9 Å². The Labute approximate surface area is 131 Å². The van der Waals surface area contributed by atoms with Gasteiger partial charge in [0.05, 0.1) is 4.90 Å². The molecule has 6 nitrogen and oxygen atoms in total. The SMILES string of the molecule is CCNC(=O)COc1ccc(S(=O)(=O)NC2CCCC2)cc1. The topological polar surface area (TPSA) is 84.5 Å². The summed E-state index contributed by atoms with van der Waals surface area (Å²) in [5.74, 6) is 0.258. The van der Waals surface area contributed by atoms with Crippen molar-refractivity contribution in [1.29, 1.82) is 0 Å². The molecule has 0 heterocycles. The van der Waals surface area contributed by atoms with Gasteiger partial charge in [-0.15, -0.1) is 0 Å². The van der Waals surface area contributed by atoms with E-state index in [1.54, 1.807) is 12.1 Å². The fourth-order valence-electron chi connectivity index (χ4n) is 2.44. The summed E-state index contributed by atoms with van der Waals surface area (Å²) in [7, 11) is -3.49. The molecule has 0 spiro atoms. The number of rotatable bonds is 7. The van der Waals surface area contributed by atoms with E-state index in [2.05, 4.69) is 10.0 Å². The van der Waals surface area contributed by atoms with Gasteiger partial charge in [-0.2, -0.15) is 0 Å². The van der Waals surface area contributed by atoms with Gasteiger partial charge in [0.25, 0.3) is 5.91 Å². The van der Waals surface area contributed by atoms with Crippen LogP contribution in [0.25, 0.3) is 0 Å². The lowest BCUT2D eigenvalue weighted by molar-refractivity contribution is -0.122. The number of likely N-dealkylation sites (N-methyl/N-ethyl adjacent to an activating group) is 1. The molecule has 1 amide bonds. The molecular weight excluding hydrogens is 304 g/mol. The van der Waals surface area contributed by atoms with Gasteiger partial charge in [-0.25, -0.2) is 13.1 Å². The Hall–Kier alpha value is -1.60. The molecule has 1 aliphatic rings. The predicted octanol–water partition coefficient (Wildman–Crippen LogP) is 1.42. The van der Waals surface area contributed by atoms with Gasteiger partial charge in [-0.3, -0.25) is 4.79 Å². The molecule has 0 radical (unpaired) electrons. The number of hydrogen-bond acceptors (Lipinski definition) is 4. The summed E-state index contributed by atoms with van der Waals surface area (Å²) >= 11 is 0. The van der Waals surface area contributed by atoms with Crippen LogP contribution in [0, 0.1) is 0 Å². The van der Waals surface area contributed by atoms with E-state index < -0.39 is 10.0 Å². The number of hydrogen-bond donors (Lipinski definition) is 2. The molecule has 0 unspecified atom stereocenters. The van der Waals surface area contributed by atoms with Crippen molar-refractivity contribution in [2.45, 2.75) is 43.5 Å². The Morgan fingerprint density at radius 3 is 2.45 bits per heavy atom. The van der Waals surface area contributed by atoms with Crippen LogP contribution in [0.3, 0.4) is 0 Å². The van der Waals surface area contributed by atoms with Crippen LogP contribution in [-0.4, -0.2) is 33.5 Å². The van der Waals surface area contributed by atoms with Crippen molar-refractivity contribution in [2.75, 3.05) is 13.2 Å². The highest BCUT2D eigenvalue weighted by Crippen LogP contribution is 2.21. The highest BCUT2D eigenvalue weighted by molar-refractivity contribution is 7.89. The Bertz CT molecular complexity index is 592. The van der Waals surface area contributed by atoms with Gasteiger partial charge < -0.3 is 10.1 Å². The van der Waals surface area contributed by atoms with E-state index in [0.29, 0.717) is 12.3 Å². The third-order valence-electron chi connectivity index (χ3n) is 3.55. The molecule has 1 aromatic carbocycles. The van der Waals surface area contributed by atoms with Gasteiger partial charge >= 0.3 is 0 Å². The van der Waals surface area contributed by atoms with Crippen LogP contribution in [0.4, 0.5) is 0 Å². The fraction of sp³-hybridized carbons (Fsp3) is 0.533. The molecule has 2 N–H and O–H groups in total. The van der Waals surface area contributed by atoms with E-state index >= 15 is 0 Å². The fourth-order valence-corrected chi connectivity index (χ4v) is 3.75. The first-order chi connectivity index (χ1) is 10.5. The maximum atomic E-state index is 12.2. The van der Waals surface area contributed by atoms with Gasteiger partial charge in [0, 0.05) is 12.6 Å². The van der Waals surface area contributed by atoms with E-state index in [9.17, 15) is 13.2 Å². The van der Waals surface area contributed by atoms with Gasteiger partial charge in [0.1, 0.15) is 5.75 Å². The Morgan fingerprint density at radius 2 is 1.86 bits per heavy atom. The molecule has 0 saturated heterocycles. The molecule has 22 heavy (non-hydrogen) atoms. The average molecular weight is 326 g/mol.